The van der Waals surface area contributed by atoms with Gasteiger partial charge in [0.15, 0.2) is 0 Å². The lowest BCUT2D eigenvalue weighted by atomic mass is 9.79. The molecule has 0 saturated heterocycles. The minimum absolute atomic E-state index is 0.198. The molecule has 0 bridgehead atoms. The largest absolute Gasteiger partial charge is 0.492 e. The van der Waals surface area contributed by atoms with Crippen LogP contribution < -0.4 is 10.2 Å². The van der Waals surface area contributed by atoms with Crippen LogP contribution in [0.1, 0.15) is 18.1 Å². The fourth-order valence-electron chi connectivity index (χ4n) is 2.20. The van der Waals surface area contributed by atoms with Crippen LogP contribution in [0.2, 0.25) is 0 Å². The predicted molar refractivity (Wildman–Crippen MR) is 72.2 cm³/mol. The molecule has 0 aliphatic carbocycles. The highest BCUT2D eigenvalue weighted by atomic mass is 16.5. The first-order chi connectivity index (χ1) is 10.1. The molecule has 1 aliphatic rings. The molecule has 1 aromatic heterocycles. The number of ether oxygens (including phenoxy) is 1. The molecule has 2 heterocycles. The zero-order valence-electron chi connectivity index (χ0n) is 10.8. The van der Waals surface area contributed by atoms with E-state index in [9.17, 15) is 9.82 Å². The van der Waals surface area contributed by atoms with E-state index in [0.717, 1.165) is 0 Å². The molecule has 0 saturated carbocycles. The lowest BCUT2D eigenvalue weighted by Gasteiger charge is -2.09. The molecular formula is C13H11BN2O5. The Bertz CT molecular complexity index is 667. The number of benzene rings is 1. The number of aromatic nitrogens is 2. The van der Waals surface area contributed by atoms with E-state index in [1.54, 1.807) is 30.5 Å². The van der Waals surface area contributed by atoms with Crippen molar-refractivity contribution in [1.29, 1.82) is 0 Å². The summed E-state index contributed by atoms with van der Waals surface area (Å²) < 4.78 is 10.8. The van der Waals surface area contributed by atoms with Crippen LogP contribution in [0.5, 0.6) is 11.6 Å². The Balaban J connectivity index is 1.85. The number of nitrogens with zero attached hydrogens (tertiary/aromatic N) is 2. The molecule has 2 N–H and O–H groups in total. The fraction of sp³-hybridized carbons (Fsp3) is 0.154. The molecule has 0 fully saturated rings. The van der Waals surface area contributed by atoms with Crippen molar-refractivity contribution in [3.63, 3.8) is 0 Å². The van der Waals surface area contributed by atoms with Crippen LogP contribution in [0, 0.1) is 0 Å². The molecule has 106 valence electrons. The van der Waals surface area contributed by atoms with Gasteiger partial charge in [0.05, 0.1) is 12.5 Å². The quantitative estimate of drug-likeness (QED) is 0.789. The number of carboxylic acids is 1. The van der Waals surface area contributed by atoms with E-state index >= 15 is 0 Å². The number of aliphatic carboxylic acids is 1. The summed E-state index contributed by atoms with van der Waals surface area (Å²) in [5.41, 5.74) is 1.16. The first-order valence-corrected chi connectivity index (χ1v) is 6.26. The second-order valence-electron chi connectivity index (χ2n) is 4.52. The minimum Gasteiger partial charge on any atom is -0.481 e. The zero-order chi connectivity index (χ0) is 14.8. The molecule has 1 aliphatic heterocycles. The Morgan fingerprint density at radius 1 is 1.43 bits per heavy atom. The van der Waals surface area contributed by atoms with Crippen molar-refractivity contribution in [3.8, 4) is 11.6 Å². The third-order valence-corrected chi connectivity index (χ3v) is 3.10. The molecule has 0 amide bonds. The summed E-state index contributed by atoms with van der Waals surface area (Å²) in [7, 11) is -1.15. The average Bonchev–Trinajstić information content (AvgIpc) is 2.75. The van der Waals surface area contributed by atoms with Crippen molar-refractivity contribution in [1.82, 2.24) is 9.97 Å². The normalized spacial score (nSPS) is 16.6. The van der Waals surface area contributed by atoms with E-state index in [0.29, 0.717) is 22.7 Å². The van der Waals surface area contributed by atoms with Crippen molar-refractivity contribution in [2.45, 2.75) is 12.5 Å². The zero-order valence-corrected chi connectivity index (χ0v) is 10.8. The highest BCUT2D eigenvalue weighted by Crippen LogP contribution is 2.29. The maximum absolute atomic E-state index is 10.8. The number of hydrogen-bond donors (Lipinski definition) is 2. The first kappa shape index (κ1) is 13.5. The summed E-state index contributed by atoms with van der Waals surface area (Å²) in [6, 6.07) is 6.59. The second-order valence-corrected chi connectivity index (χ2v) is 4.52. The van der Waals surface area contributed by atoms with Gasteiger partial charge in [-0.1, -0.05) is 6.07 Å². The smallest absolute Gasteiger partial charge is 0.481 e. The van der Waals surface area contributed by atoms with Crippen LogP contribution >= 0.6 is 0 Å². The third kappa shape index (κ3) is 2.86. The third-order valence-electron chi connectivity index (χ3n) is 3.10. The average molecular weight is 286 g/mol. The van der Waals surface area contributed by atoms with Crippen molar-refractivity contribution in [3.05, 3.63) is 42.4 Å². The molecule has 1 aromatic carbocycles. The van der Waals surface area contributed by atoms with Crippen molar-refractivity contribution >= 4 is 18.6 Å². The van der Waals surface area contributed by atoms with Crippen LogP contribution in [-0.4, -0.2) is 33.2 Å². The lowest BCUT2D eigenvalue weighted by molar-refractivity contribution is -0.138. The maximum Gasteiger partial charge on any atom is 0.492 e. The Morgan fingerprint density at radius 2 is 2.29 bits per heavy atom. The van der Waals surface area contributed by atoms with Crippen molar-refractivity contribution in [2.24, 2.45) is 0 Å². The molecule has 0 spiro atoms. The molecule has 3 rings (SSSR count). The number of rotatable bonds is 4. The van der Waals surface area contributed by atoms with Gasteiger partial charge in [-0.25, -0.2) is 9.97 Å². The summed E-state index contributed by atoms with van der Waals surface area (Å²) in [6.45, 7) is 0. The van der Waals surface area contributed by atoms with E-state index < -0.39 is 19.2 Å². The lowest BCUT2D eigenvalue weighted by Crippen LogP contribution is -2.28. The molecule has 2 aromatic rings. The number of carbonyl (C=O) groups is 1. The molecule has 8 heteroatoms. The minimum atomic E-state index is -1.15. The van der Waals surface area contributed by atoms with Gasteiger partial charge in [0, 0.05) is 12.3 Å². The Labute approximate surface area is 120 Å². The topological polar surface area (TPSA) is 102 Å². The first-order valence-electron chi connectivity index (χ1n) is 6.26. The highest BCUT2D eigenvalue weighted by Gasteiger charge is 2.36. The molecule has 7 nitrogen and oxygen atoms in total. The fourth-order valence-corrected chi connectivity index (χ4v) is 2.20. The summed E-state index contributed by atoms with van der Waals surface area (Å²) in [6.07, 6.45) is 2.07. The van der Waals surface area contributed by atoms with Crippen LogP contribution in [0.3, 0.4) is 0 Å². The Hall–Kier alpha value is -2.45. The second kappa shape index (κ2) is 5.51. The maximum atomic E-state index is 10.8. The van der Waals surface area contributed by atoms with E-state index in [-0.39, 0.29) is 6.42 Å². The summed E-state index contributed by atoms with van der Waals surface area (Å²) in [5.74, 6) is -0.132. The molecule has 0 radical (unpaired) electrons. The summed E-state index contributed by atoms with van der Waals surface area (Å²) >= 11 is 0. The van der Waals surface area contributed by atoms with Crippen molar-refractivity contribution in [2.75, 3.05) is 0 Å². The van der Waals surface area contributed by atoms with Gasteiger partial charge in [0.2, 0.25) is 5.88 Å². The molecule has 1 unspecified atom stereocenters. The molecule has 21 heavy (non-hydrogen) atoms. The SMILES string of the molecule is O=C(O)CC1OB(O)c2cc(Oc3ccncn3)ccc21. The van der Waals surface area contributed by atoms with Crippen molar-refractivity contribution < 1.29 is 24.3 Å². The predicted octanol–water partition coefficient (Wildman–Crippen LogP) is 0.502. The van der Waals surface area contributed by atoms with Gasteiger partial charge in [0.25, 0.3) is 0 Å². The van der Waals surface area contributed by atoms with Gasteiger partial charge < -0.3 is 19.5 Å². The van der Waals surface area contributed by atoms with E-state index in [4.69, 9.17) is 14.5 Å². The van der Waals surface area contributed by atoms with Gasteiger partial charge >= 0.3 is 13.1 Å². The number of carboxylic acid groups (broad SMARTS) is 1. The standard InChI is InChI=1S/C13H11BN2O5/c17-13(18)6-11-9-2-1-8(5-10(9)14(19)21-11)20-12-3-4-15-7-16-12/h1-5,7,11,19H,6H2,(H,17,18). The van der Waals surface area contributed by atoms with E-state index in [1.807, 2.05) is 0 Å². The molecular weight excluding hydrogens is 275 g/mol. The number of fused-ring (bicyclic) bond motifs is 1. The summed E-state index contributed by atoms with van der Waals surface area (Å²) in [4.78, 5) is 18.5. The van der Waals surface area contributed by atoms with Gasteiger partial charge in [-0.05, 0) is 23.2 Å². The van der Waals surface area contributed by atoms with E-state index in [2.05, 4.69) is 9.97 Å². The highest BCUT2D eigenvalue weighted by molar-refractivity contribution is 6.61. The van der Waals surface area contributed by atoms with Crippen LogP contribution in [0.25, 0.3) is 0 Å². The molecule has 1 atom stereocenters. The van der Waals surface area contributed by atoms with Crippen LogP contribution in [-0.2, 0) is 9.45 Å². The van der Waals surface area contributed by atoms with Crippen LogP contribution in [0.4, 0.5) is 0 Å². The van der Waals surface area contributed by atoms with Gasteiger partial charge in [0.1, 0.15) is 12.1 Å². The monoisotopic (exact) mass is 286 g/mol. The number of hydrogen-bond acceptors (Lipinski definition) is 6. The summed E-state index contributed by atoms with van der Waals surface area (Å²) in [5, 5.41) is 18.7. The van der Waals surface area contributed by atoms with Crippen LogP contribution in [0.15, 0.2) is 36.8 Å². The van der Waals surface area contributed by atoms with Gasteiger partial charge in [-0.2, -0.15) is 0 Å². The van der Waals surface area contributed by atoms with Gasteiger partial charge in [-0.3, -0.25) is 4.79 Å². The van der Waals surface area contributed by atoms with E-state index in [1.165, 1.54) is 6.33 Å². The Morgan fingerprint density at radius 3 is 3.00 bits per heavy atom. The Kier molecular flexibility index (Phi) is 3.55. The van der Waals surface area contributed by atoms with Gasteiger partial charge in [-0.15, -0.1) is 0 Å².